The second-order valence-electron chi connectivity index (χ2n) is 6.85. The number of nitrogens with one attached hydrogen (secondary N) is 4. The summed E-state index contributed by atoms with van der Waals surface area (Å²) in [5.74, 6) is 0.480. The molecule has 1 aliphatic carbocycles. The molecule has 1 aliphatic heterocycles. The zero-order valence-corrected chi connectivity index (χ0v) is 15.1. The predicted molar refractivity (Wildman–Crippen MR) is 92.8 cm³/mol. The molecule has 0 saturated heterocycles. The largest absolute Gasteiger partial charge is 0.367 e. The molecule has 1 aromatic rings. The third-order valence-corrected chi connectivity index (χ3v) is 6.35. The molecule has 0 radical (unpaired) electrons. The van der Waals surface area contributed by atoms with Crippen molar-refractivity contribution in [2.75, 3.05) is 13.3 Å². The monoisotopic (exact) mass is 352 g/mol. The van der Waals surface area contributed by atoms with Crippen LogP contribution in [0.4, 0.5) is 0 Å². The molecular formula is C17H28N4O2S+2. The van der Waals surface area contributed by atoms with E-state index in [1.807, 2.05) is 6.92 Å². The summed E-state index contributed by atoms with van der Waals surface area (Å²) >= 11 is 0. The third-order valence-electron chi connectivity index (χ3n) is 4.98. The van der Waals surface area contributed by atoms with E-state index in [2.05, 4.69) is 15.0 Å². The van der Waals surface area contributed by atoms with E-state index in [-0.39, 0.29) is 4.90 Å². The van der Waals surface area contributed by atoms with Crippen molar-refractivity contribution in [3.8, 4) is 0 Å². The molecule has 1 unspecified atom stereocenters. The van der Waals surface area contributed by atoms with E-state index >= 15 is 0 Å². The third kappa shape index (κ3) is 4.27. The maximum absolute atomic E-state index is 12.4. The first-order chi connectivity index (χ1) is 11.5. The maximum atomic E-state index is 12.4. The van der Waals surface area contributed by atoms with Gasteiger partial charge in [0, 0.05) is 0 Å². The van der Waals surface area contributed by atoms with Crippen LogP contribution in [-0.2, 0) is 10.0 Å². The smallest absolute Gasteiger partial charge is 0.274 e. The second kappa shape index (κ2) is 7.53. The van der Waals surface area contributed by atoms with Crippen LogP contribution in [-0.4, -0.2) is 33.8 Å². The summed E-state index contributed by atoms with van der Waals surface area (Å²) in [6.07, 6.45) is 7.85. The van der Waals surface area contributed by atoms with Crippen molar-refractivity contribution < 1.29 is 18.3 Å². The predicted octanol–water partition coefficient (Wildman–Crippen LogP) is -1.16. The Morgan fingerprint density at radius 3 is 2.38 bits per heavy atom. The topological polar surface area (TPSA) is 76.6 Å². The van der Waals surface area contributed by atoms with E-state index in [9.17, 15) is 8.42 Å². The molecule has 2 aliphatic rings. The number of hydrogen-bond acceptors (Lipinski definition) is 3. The number of guanidine groups is 1. The molecule has 6 nitrogen and oxygen atoms in total. The van der Waals surface area contributed by atoms with E-state index in [0.29, 0.717) is 12.0 Å². The number of benzene rings is 1. The van der Waals surface area contributed by atoms with E-state index in [4.69, 9.17) is 0 Å². The zero-order chi connectivity index (χ0) is 17.0. The molecule has 7 heteroatoms. The van der Waals surface area contributed by atoms with E-state index in [1.54, 1.807) is 24.3 Å². The minimum absolute atomic E-state index is 0.280. The van der Waals surface area contributed by atoms with Crippen molar-refractivity contribution in [2.24, 2.45) is 0 Å². The van der Waals surface area contributed by atoms with Crippen LogP contribution in [0.1, 0.15) is 44.1 Å². The minimum atomic E-state index is -3.55. The number of quaternary nitrogens is 1. The maximum Gasteiger partial charge on any atom is 0.367 e. The molecular weight excluding hydrogens is 324 g/mol. The van der Waals surface area contributed by atoms with Gasteiger partial charge in [0.25, 0.3) is 0 Å². The molecule has 0 aromatic heterocycles. The molecule has 1 saturated carbocycles. The van der Waals surface area contributed by atoms with Gasteiger partial charge in [0.1, 0.15) is 4.90 Å². The van der Waals surface area contributed by atoms with Crippen molar-refractivity contribution in [3.63, 3.8) is 0 Å². The fourth-order valence-electron chi connectivity index (χ4n) is 3.49. The average Bonchev–Trinajstić information content (AvgIpc) is 2.85. The highest BCUT2D eigenvalue weighted by Gasteiger charge is 2.30. The van der Waals surface area contributed by atoms with Crippen LogP contribution in [0.25, 0.3) is 0 Å². The molecule has 1 atom stereocenters. The van der Waals surface area contributed by atoms with Gasteiger partial charge in [-0.1, -0.05) is 30.5 Å². The SMILES string of the molecule is Cc1ccc(S(=O)(=O)NC2=[NH+]C[NH+](C3CCCCCC3)CN2)cc1. The van der Waals surface area contributed by atoms with Crippen LogP contribution in [0, 0.1) is 6.92 Å². The van der Waals surface area contributed by atoms with Crippen LogP contribution in [0.3, 0.4) is 0 Å². The van der Waals surface area contributed by atoms with Crippen molar-refractivity contribution in [1.29, 1.82) is 0 Å². The number of rotatable bonds is 3. The van der Waals surface area contributed by atoms with Crippen LogP contribution in [0.15, 0.2) is 29.2 Å². The second-order valence-corrected chi connectivity index (χ2v) is 8.53. The number of aryl methyl sites for hydroxylation is 1. The van der Waals surface area contributed by atoms with E-state index in [0.717, 1.165) is 18.9 Å². The van der Waals surface area contributed by atoms with Gasteiger partial charge in [-0.15, -0.1) is 0 Å². The van der Waals surface area contributed by atoms with Crippen LogP contribution in [0.2, 0.25) is 0 Å². The molecule has 1 fully saturated rings. The van der Waals surface area contributed by atoms with Gasteiger partial charge in [-0.3, -0.25) is 4.90 Å². The Kier molecular flexibility index (Phi) is 5.40. The first kappa shape index (κ1) is 17.2. The Morgan fingerprint density at radius 2 is 1.79 bits per heavy atom. The van der Waals surface area contributed by atoms with Crippen molar-refractivity contribution in [3.05, 3.63) is 29.8 Å². The average molecular weight is 353 g/mol. The van der Waals surface area contributed by atoms with Gasteiger partial charge >= 0.3 is 16.0 Å². The van der Waals surface area contributed by atoms with Gasteiger partial charge in [0.05, 0.1) is 6.04 Å². The Morgan fingerprint density at radius 1 is 1.12 bits per heavy atom. The highest BCUT2D eigenvalue weighted by Crippen LogP contribution is 2.15. The summed E-state index contributed by atoms with van der Waals surface area (Å²) < 4.78 is 27.5. The molecule has 0 bridgehead atoms. The van der Waals surface area contributed by atoms with Gasteiger partial charge in [0.15, 0.2) is 13.3 Å². The van der Waals surface area contributed by atoms with E-state index < -0.39 is 10.0 Å². The lowest BCUT2D eigenvalue weighted by atomic mass is 10.1. The molecule has 132 valence electrons. The van der Waals surface area contributed by atoms with Gasteiger partial charge < -0.3 is 0 Å². The fourth-order valence-corrected chi connectivity index (χ4v) is 4.51. The summed E-state index contributed by atoms with van der Waals surface area (Å²) in [7, 11) is -3.55. The van der Waals surface area contributed by atoms with E-state index in [1.165, 1.54) is 43.4 Å². The molecule has 4 N–H and O–H groups in total. The highest BCUT2D eigenvalue weighted by atomic mass is 32.2. The summed E-state index contributed by atoms with van der Waals surface area (Å²) in [6, 6.07) is 7.54. The number of sulfonamides is 1. The van der Waals surface area contributed by atoms with Gasteiger partial charge in [0.2, 0.25) is 0 Å². The molecule has 1 aromatic carbocycles. The molecule has 0 spiro atoms. The first-order valence-corrected chi connectivity index (χ1v) is 10.3. The molecule has 1 heterocycles. The first-order valence-electron chi connectivity index (χ1n) is 8.83. The van der Waals surface area contributed by atoms with Crippen LogP contribution >= 0.6 is 0 Å². The molecule has 0 amide bonds. The summed E-state index contributed by atoms with van der Waals surface area (Å²) in [5.41, 5.74) is 1.04. The van der Waals surface area contributed by atoms with Crippen LogP contribution < -0.4 is 19.9 Å². The highest BCUT2D eigenvalue weighted by molar-refractivity contribution is 7.90. The van der Waals surface area contributed by atoms with Crippen molar-refractivity contribution in [2.45, 2.75) is 56.4 Å². The number of hydrogen-bond donors (Lipinski definition) is 4. The lowest BCUT2D eigenvalue weighted by Gasteiger charge is -2.27. The Bertz CT molecular complexity index is 677. The standard InChI is InChI=1S/C17H26N4O2S/c1-14-8-10-16(11-9-14)24(22,23)20-17-18-12-21(13-19-17)15-6-4-2-3-5-7-15/h8-11,15H,2-7,12-13H2,1H3,(H2,18,19,20)/p+2. The zero-order valence-electron chi connectivity index (χ0n) is 14.3. The van der Waals surface area contributed by atoms with Crippen molar-refractivity contribution >= 4 is 16.0 Å². The molecule has 24 heavy (non-hydrogen) atoms. The lowest BCUT2D eigenvalue weighted by molar-refractivity contribution is -1.00. The van der Waals surface area contributed by atoms with Gasteiger partial charge in [-0.2, -0.15) is 13.1 Å². The van der Waals surface area contributed by atoms with Crippen molar-refractivity contribution in [1.82, 2.24) is 10.0 Å². The van der Waals surface area contributed by atoms with Gasteiger partial charge in [-0.25, -0.2) is 10.3 Å². The summed E-state index contributed by atoms with van der Waals surface area (Å²) in [6.45, 7) is 3.44. The Balaban J connectivity index is 1.61. The quantitative estimate of drug-likeness (QED) is 0.518. The van der Waals surface area contributed by atoms with Gasteiger partial charge in [-0.05, 0) is 44.7 Å². The molecule has 3 rings (SSSR count). The Hall–Kier alpha value is -1.60. The Labute approximate surface area is 144 Å². The minimum Gasteiger partial charge on any atom is -0.274 e. The summed E-state index contributed by atoms with van der Waals surface area (Å²) in [4.78, 5) is 4.95. The fraction of sp³-hybridized carbons (Fsp3) is 0.588. The normalized spacial score (nSPS) is 23.0. The lowest BCUT2D eigenvalue weighted by Crippen LogP contribution is -3.26. The van der Waals surface area contributed by atoms with Crippen LogP contribution in [0.5, 0.6) is 0 Å². The summed E-state index contributed by atoms with van der Waals surface area (Å²) in [5, 5.41) is 3.20.